The molecule has 2 aromatic rings. The molecule has 29 heavy (non-hydrogen) atoms. The first-order chi connectivity index (χ1) is 14.1. The third kappa shape index (κ3) is 5.84. The molecule has 0 radical (unpaired) electrons. The molecule has 2 amide bonds. The number of carbonyl (C=O) groups is 1. The monoisotopic (exact) mass is 404 g/mol. The molecule has 0 bridgehead atoms. The number of anilines is 1. The summed E-state index contributed by atoms with van der Waals surface area (Å²) in [5.41, 5.74) is 1.32. The number of hydrogen-bond acceptors (Lipinski definition) is 6. The standard InChI is InChI=1S/C21H28N2O6/c1-6-28-15-8-9-17(29-7-2)16(12-15)23-21(24)22-13-14-10-18(25-3)20(27-5)19(11-14)26-4/h8-12H,6-7,13H2,1-5H3,(H2,22,23,24). The summed E-state index contributed by atoms with van der Waals surface area (Å²) in [6, 6.07) is 8.48. The van der Waals surface area contributed by atoms with Gasteiger partial charge in [-0.05, 0) is 43.7 Å². The van der Waals surface area contributed by atoms with Crippen LogP contribution < -0.4 is 34.3 Å². The highest BCUT2D eigenvalue weighted by Crippen LogP contribution is 2.38. The van der Waals surface area contributed by atoms with E-state index in [1.165, 1.54) is 7.11 Å². The molecular weight excluding hydrogens is 376 g/mol. The van der Waals surface area contributed by atoms with Crippen molar-refractivity contribution in [1.29, 1.82) is 0 Å². The fraction of sp³-hybridized carbons (Fsp3) is 0.381. The van der Waals surface area contributed by atoms with Crippen LogP contribution >= 0.6 is 0 Å². The van der Waals surface area contributed by atoms with Crippen LogP contribution in [-0.2, 0) is 6.54 Å². The Bertz CT molecular complexity index is 800. The van der Waals surface area contributed by atoms with Crippen molar-refractivity contribution in [3.8, 4) is 28.7 Å². The van der Waals surface area contributed by atoms with E-state index in [-0.39, 0.29) is 12.6 Å². The van der Waals surface area contributed by atoms with Gasteiger partial charge in [0.25, 0.3) is 0 Å². The highest BCUT2D eigenvalue weighted by Gasteiger charge is 2.14. The molecular formula is C21H28N2O6. The molecule has 0 aliphatic heterocycles. The van der Waals surface area contributed by atoms with Crippen molar-refractivity contribution in [3.05, 3.63) is 35.9 Å². The Morgan fingerprint density at radius 2 is 1.52 bits per heavy atom. The number of rotatable bonds is 10. The molecule has 0 saturated carbocycles. The Labute approximate surface area is 171 Å². The second-order valence-corrected chi connectivity index (χ2v) is 5.87. The number of benzene rings is 2. The number of methoxy groups -OCH3 is 3. The van der Waals surface area contributed by atoms with Crippen molar-refractivity contribution in [2.45, 2.75) is 20.4 Å². The van der Waals surface area contributed by atoms with Gasteiger partial charge in [-0.15, -0.1) is 0 Å². The van der Waals surface area contributed by atoms with Crippen LogP contribution in [0, 0.1) is 0 Å². The molecule has 0 heterocycles. The van der Waals surface area contributed by atoms with Crippen molar-refractivity contribution in [3.63, 3.8) is 0 Å². The average Bonchev–Trinajstić information content (AvgIpc) is 2.73. The Balaban J connectivity index is 2.11. The van der Waals surface area contributed by atoms with Gasteiger partial charge in [0.1, 0.15) is 11.5 Å². The maximum Gasteiger partial charge on any atom is 0.319 e. The minimum absolute atomic E-state index is 0.262. The molecule has 0 saturated heterocycles. The molecule has 2 aromatic carbocycles. The van der Waals surface area contributed by atoms with Crippen LogP contribution in [-0.4, -0.2) is 40.6 Å². The zero-order valence-electron chi connectivity index (χ0n) is 17.5. The quantitative estimate of drug-likeness (QED) is 0.626. The van der Waals surface area contributed by atoms with Gasteiger partial charge in [0, 0.05) is 12.6 Å². The Morgan fingerprint density at radius 3 is 2.07 bits per heavy atom. The Morgan fingerprint density at radius 1 is 0.862 bits per heavy atom. The van der Waals surface area contributed by atoms with E-state index in [0.29, 0.717) is 47.6 Å². The predicted octanol–water partition coefficient (Wildman–Crippen LogP) is 3.83. The second kappa shape index (κ2) is 10.9. The summed E-state index contributed by atoms with van der Waals surface area (Å²) in [6.45, 7) is 5.05. The van der Waals surface area contributed by atoms with E-state index in [1.807, 2.05) is 13.8 Å². The van der Waals surface area contributed by atoms with E-state index in [4.69, 9.17) is 23.7 Å². The molecule has 0 aromatic heterocycles. The van der Waals surface area contributed by atoms with E-state index in [0.717, 1.165) is 5.56 Å². The summed E-state index contributed by atoms with van der Waals surface area (Å²) in [4.78, 5) is 12.4. The summed E-state index contributed by atoms with van der Waals surface area (Å²) < 4.78 is 27.1. The van der Waals surface area contributed by atoms with E-state index in [2.05, 4.69) is 10.6 Å². The fourth-order valence-electron chi connectivity index (χ4n) is 2.73. The maximum atomic E-state index is 12.4. The number of carbonyl (C=O) groups excluding carboxylic acids is 1. The normalized spacial score (nSPS) is 10.1. The first-order valence-corrected chi connectivity index (χ1v) is 9.29. The average molecular weight is 404 g/mol. The largest absolute Gasteiger partial charge is 0.494 e. The SMILES string of the molecule is CCOc1ccc(OCC)c(NC(=O)NCc2cc(OC)c(OC)c(OC)c2)c1. The summed E-state index contributed by atoms with van der Waals surface area (Å²) in [5, 5.41) is 5.61. The molecule has 2 N–H and O–H groups in total. The molecule has 8 heteroatoms. The molecule has 0 atom stereocenters. The first-order valence-electron chi connectivity index (χ1n) is 9.29. The summed E-state index contributed by atoms with van der Waals surface area (Å²) in [7, 11) is 4.63. The highest BCUT2D eigenvalue weighted by atomic mass is 16.5. The molecule has 0 unspecified atom stereocenters. The van der Waals surface area contributed by atoms with Gasteiger partial charge in [-0.2, -0.15) is 0 Å². The van der Waals surface area contributed by atoms with Crippen LogP contribution in [0.2, 0.25) is 0 Å². The molecule has 8 nitrogen and oxygen atoms in total. The molecule has 0 aliphatic carbocycles. The summed E-state index contributed by atoms with van der Waals surface area (Å²) in [6.07, 6.45) is 0. The lowest BCUT2D eigenvalue weighted by atomic mass is 10.2. The second-order valence-electron chi connectivity index (χ2n) is 5.87. The highest BCUT2D eigenvalue weighted by molar-refractivity contribution is 5.91. The summed E-state index contributed by atoms with van der Waals surface area (Å²) >= 11 is 0. The number of hydrogen-bond donors (Lipinski definition) is 2. The number of urea groups is 1. The lowest BCUT2D eigenvalue weighted by Gasteiger charge is -2.16. The van der Waals surface area contributed by atoms with Gasteiger partial charge >= 0.3 is 6.03 Å². The van der Waals surface area contributed by atoms with Gasteiger partial charge in [-0.25, -0.2) is 4.79 Å². The zero-order chi connectivity index (χ0) is 21.2. The lowest BCUT2D eigenvalue weighted by molar-refractivity contribution is 0.251. The van der Waals surface area contributed by atoms with E-state index in [1.54, 1.807) is 44.6 Å². The van der Waals surface area contributed by atoms with Crippen LogP contribution in [0.15, 0.2) is 30.3 Å². The number of ether oxygens (including phenoxy) is 5. The third-order valence-corrected chi connectivity index (χ3v) is 3.99. The van der Waals surface area contributed by atoms with Gasteiger partial charge in [0.05, 0.1) is 40.2 Å². The fourth-order valence-corrected chi connectivity index (χ4v) is 2.73. The Hall–Kier alpha value is -3.29. The minimum atomic E-state index is -0.381. The predicted molar refractivity (Wildman–Crippen MR) is 111 cm³/mol. The van der Waals surface area contributed by atoms with Crippen LogP contribution in [0.4, 0.5) is 10.5 Å². The minimum Gasteiger partial charge on any atom is -0.494 e. The topological polar surface area (TPSA) is 87.3 Å². The van der Waals surface area contributed by atoms with Crippen LogP contribution in [0.25, 0.3) is 0 Å². The zero-order valence-corrected chi connectivity index (χ0v) is 17.5. The summed E-state index contributed by atoms with van der Waals surface area (Å²) in [5.74, 6) is 2.76. The van der Waals surface area contributed by atoms with E-state index >= 15 is 0 Å². The van der Waals surface area contributed by atoms with Gasteiger partial charge in [-0.1, -0.05) is 0 Å². The van der Waals surface area contributed by atoms with Gasteiger partial charge < -0.3 is 34.3 Å². The van der Waals surface area contributed by atoms with Crippen molar-refractivity contribution in [1.82, 2.24) is 5.32 Å². The van der Waals surface area contributed by atoms with Crippen molar-refractivity contribution < 1.29 is 28.5 Å². The molecule has 0 spiro atoms. The number of nitrogens with one attached hydrogen (secondary N) is 2. The molecule has 158 valence electrons. The van der Waals surface area contributed by atoms with Crippen molar-refractivity contribution in [2.75, 3.05) is 39.9 Å². The van der Waals surface area contributed by atoms with Crippen LogP contribution in [0.3, 0.4) is 0 Å². The number of amides is 2. The van der Waals surface area contributed by atoms with Gasteiger partial charge in [0.15, 0.2) is 11.5 Å². The van der Waals surface area contributed by atoms with Gasteiger partial charge in [-0.3, -0.25) is 0 Å². The molecule has 2 rings (SSSR count). The van der Waals surface area contributed by atoms with Gasteiger partial charge in [0.2, 0.25) is 5.75 Å². The van der Waals surface area contributed by atoms with Crippen molar-refractivity contribution in [2.24, 2.45) is 0 Å². The van der Waals surface area contributed by atoms with Crippen LogP contribution in [0.5, 0.6) is 28.7 Å². The van der Waals surface area contributed by atoms with Crippen molar-refractivity contribution >= 4 is 11.7 Å². The maximum absolute atomic E-state index is 12.4. The van der Waals surface area contributed by atoms with Crippen LogP contribution in [0.1, 0.15) is 19.4 Å². The first kappa shape index (κ1) is 22.0. The molecule has 0 aliphatic rings. The third-order valence-electron chi connectivity index (χ3n) is 3.99. The van der Waals surface area contributed by atoms with E-state index in [9.17, 15) is 4.79 Å². The smallest absolute Gasteiger partial charge is 0.319 e. The van der Waals surface area contributed by atoms with E-state index < -0.39 is 0 Å². The molecule has 0 fully saturated rings. The Kier molecular flexibility index (Phi) is 8.27. The lowest BCUT2D eigenvalue weighted by Crippen LogP contribution is -2.28.